The molecule has 112 heavy (non-hydrogen) atoms. The van der Waals surface area contributed by atoms with Gasteiger partial charge in [-0.1, -0.05) is 27.7 Å². The molecule has 0 aromatic rings. The van der Waals surface area contributed by atoms with Gasteiger partial charge in [-0.3, -0.25) is 0 Å². The molecule has 1 spiro atoms. The standard InChI is InChI=1S/C73H120O39/c1-24-9-14-73(98-20-24)25(2)40-35(112-73)16-32-30-8-7-28-15-29(10-12-71(28,5)31(30)11-13-72(32,40)6)101-69-61(50(88)45(83)39(105-69)23-97-63-52(90)47(85)41(79)26(3)99-63)110-70-62(111-64-51(89)43(81)33(77)21-95-64)59(46(84)37(18-75)103-70)108-65-55(93)57(34(78)22-96-65)106-68-56(94)60(109-67-54(92)49(87)44(82)36(17-74)102-67)58(38(19-76)104-68)107-66-53(91)48(86)42(80)27(4)100-66/h24-70,74-94H,7-23H2,1-6H3. The Morgan fingerprint density at radius 1 is 0.357 bits per heavy atom. The molecule has 4 saturated carbocycles. The average Bonchev–Trinajstić information content (AvgIpc) is 1.52. The molecule has 4 aliphatic carbocycles. The Labute approximate surface area is 646 Å². The molecule has 14 rings (SSSR count). The summed E-state index contributed by atoms with van der Waals surface area (Å²) in [6.07, 6.45) is -63.4. The molecular formula is C73H120O39. The summed E-state index contributed by atoms with van der Waals surface area (Å²) in [7, 11) is 0. The third-order valence-electron chi connectivity index (χ3n) is 28.0. The van der Waals surface area contributed by atoms with Gasteiger partial charge in [0.05, 0.1) is 70.7 Å². The van der Waals surface area contributed by atoms with E-state index in [1.54, 1.807) is 0 Å². The van der Waals surface area contributed by atoms with Gasteiger partial charge in [0.25, 0.3) is 0 Å². The molecule has 0 aromatic heterocycles. The summed E-state index contributed by atoms with van der Waals surface area (Å²) in [6.45, 7) is 7.68. The molecular weight excluding hydrogens is 1500 g/mol. The highest BCUT2D eigenvalue weighted by Crippen LogP contribution is 2.72. The van der Waals surface area contributed by atoms with Crippen LogP contribution in [0, 0.1) is 52.3 Å². The second-order valence-electron chi connectivity index (χ2n) is 34.7. The van der Waals surface area contributed by atoms with Crippen molar-refractivity contribution >= 4 is 0 Å². The van der Waals surface area contributed by atoms with Gasteiger partial charge in [-0.25, -0.2) is 0 Å². The highest BCUT2D eigenvalue weighted by atomic mass is 16.8. The molecule has 14 aliphatic rings. The fraction of sp³-hybridized carbons (Fsp3) is 1.00. The number of hydrogen-bond acceptors (Lipinski definition) is 39. The highest BCUT2D eigenvalue weighted by Gasteiger charge is 2.70. The summed E-state index contributed by atoms with van der Waals surface area (Å²) in [6, 6.07) is 0. The summed E-state index contributed by atoms with van der Waals surface area (Å²) in [5.41, 5.74) is -0.0494. The number of hydrogen-bond donors (Lipinski definition) is 21. The molecule has 0 aromatic carbocycles. The Bertz CT molecular complexity index is 3040. The number of fused-ring (bicyclic) bond motifs is 7. The molecule has 39 heteroatoms. The van der Waals surface area contributed by atoms with E-state index in [2.05, 4.69) is 27.7 Å². The molecule has 646 valence electrons. The van der Waals surface area contributed by atoms with Gasteiger partial charge in [-0.15, -0.1) is 0 Å². The summed E-state index contributed by atoms with van der Waals surface area (Å²) in [5.74, 6) is 1.98. The summed E-state index contributed by atoms with van der Waals surface area (Å²) in [5, 5.41) is 235. The number of aliphatic hydroxyl groups is 21. The van der Waals surface area contributed by atoms with Crippen molar-refractivity contribution in [3.05, 3.63) is 0 Å². The molecule has 50 unspecified atom stereocenters. The second-order valence-corrected chi connectivity index (χ2v) is 34.7. The van der Waals surface area contributed by atoms with Crippen LogP contribution in [-0.2, 0) is 85.3 Å². The van der Waals surface area contributed by atoms with Crippen LogP contribution < -0.4 is 0 Å². The normalized spacial score (nSPS) is 57.4. The predicted molar refractivity (Wildman–Crippen MR) is 364 cm³/mol. The van der Waals surface area contributed by atoms with Crippen LogP contribution in [0.25, 0.3) is 0 Å². The van der Waals surface area contributed by atoms with Crippen LogP contribution in [-0.4, -0.2) is 405 Å². The maximum Gasteiger partial charge on any atom is 0.187 e. The van der Waals surface area contributed by atoms with E-state index in [0.29, 0.717) is 49.0 Å². The van der Waals surface area contributed by atoms with Crippen molar-refractivity contribution in [2.45, 2.75) is 357 Å². The van der Waals surface area contributed by atoms with Crippen LogP contribution in [0.3, 0.4) is 0 Å². The first-order valence-corrected chi connectivity index (χ1v) is 39.9. The minimum Gasteiger partial charge on any atom is -0.394 e. The quantitative estimate of drug-likeness (QED) is 0.0503. The van der Waals surface area contributed by atoms with E-state index in [1.807, 2.05) is 0 Å². The van der Waals surface area contributed by atoms with Gasteiger partial charge >= 0.3 is 0 Å². The fourth-order valence-electron chi connectivity index (χ4n) is 21.3. The third-order valence-corrected chi connectivity index (χ3v) is 28.0. The van der Waals surface area contributed by atoms with Gasteiger partial charge in [0, 0.05) is 12.3 Å². The van der Waals surface area contributed by atoms with Crippen LogP contribution in [0.15, 0.2) is 0 Å². The van der Waals surface area contributed by atoms with Crippen molar-refractivity contribution in [1.29, 1.82) is 0 Å². The predicted octanol–water partition coefficient (Wildman–Crippen LogP) is -8.28. The van der Waals surface area contributed by atoms with Gasteiger partial charge in [-0.05, 0) is 118 Å². The van der Waals surface area contributed by atoms with E-state index in [1.165, 1.54) is 13.8 Å². The lowest BCUT2D eigenvalue weighted by atomic mass is 9.44. The smallest absolute Gasteiger partial charge is 0.187 e. The first-order chi connectivity index (χ1) is 53.1. The molecule has 0 amide bonds. The number of aliphatic hydroxyl groups excluding tert-OH is 21. The maximum absolute atomic E-state index is 12.6. The van der Waals surface area contributed by atoms with E-state index in [0.717, 1.165) is 51.4 Å². The molecule has 50 atom stereocenters. The Morgan fingerprint density at radius 2 is 0.857 bits per heavy atom. The van der Waals surface area contributed by atoms with Crippen molar-refractivity contribution in [2.75, 3.05) is 46.2 Å². The van der Waals surface area contributed by atoms with Gasteiger partial charge in [-0.2, -0.15) is 0 Å². The molecule has 0 bridgehead atoms. The number of rotatable bonds is 20. The average molecular weight is 1620 g/mol. The molecule has 14 fully saturated rings. The first-order valence-electron chi connectivity index (χ1n) is 39.9. The van der Waals surface area contributed by atoms with Crippen LogP contribution in [0.5, 0.6) is 0 Å². The molecule has 10 aliphatic heterocycles. The molecule has 10 saturated heterocycles. The Hall–Kier alpha value is -1.56. The minimum absolute atomic E-state index is 0.0672. The SMILES string of the molecule is CC1CCC2(OC1)OC1CC3C4CCC5CC(OC6OC(COC7OC(C)C(O)C(O)C7O)C(O)C(O)C6OC6OC(CO)C(O)C(OC7OCC(O)C(OC8OC(CO)C(OC9OC(C)C(O)C(O)C9O)C(OC9OC(CO)C(O)C(O)C9O)C8O)C7O)C6OC6OCC(O)C(O)C6O)CCC5(C)C4CCC3(C)C1C2C. The largest absolute Gasteiger partial charge is 0.394 e. The van der Waals surface area contributed by atoms with E-state index < -0.39 is 285 Å². The Kier molecular flexibility index (Phi) is 26.9. The first kappa shape index (κ1) is 86.8. The van der Waals surface area contributed by atoms with E-state index in [9.17, 15) is 107 Å². The minimum atomic E-state index is -2.29. The van der Waals surface area contributed by atoms with E-state index >= 15 is 0 Å². The second kappa shape index (κ2) is 34.8. The third kappa shape index (κ3) is 16.0. The molecule has 39 nitrogen and oxygen atoms in total. The van der Waals surface area contributed by atoms with Crippen LogP contribution in [0.4, 0.5) is 0 Å². The van der Waals surface area contributed by atoms with Crippen LogP contribution in [0.1, 0.15) is 106 Å². The monoisotopic (exact) mass is 1620 g/mol. The Balaban J connectivity index is 0.722. The van der Waals surface area contributed by atoms with Crippen molar-refractivity contribution in [3.63, 3.8) is 0 Å². The zero-order valence-electron chi connectivity index (χ0n) is 63.4. The van der Waals surface area contributed by atoms with E-state index in [4.69, 9.17) is 85.3 Å². The molecule has 21 N–H and O–H groups in total. The lowest BCUT2D eigenvalue weighted by Crippen LogP contribution is -2.69. The summed E-state index contributed by atoms with van der Waals surface area (Å²) < 4.78 is 111. The number of ether oxygens (including phenoxy) is 18. The van der Waals surface area contributed by atoms with Gasteiger partial charge in [0.1, 0.15) is 171 Å². The molecule has 10 heterocycles. The summed E-state index contributed by atoms with van der Waals surface area (Å²) in [4.78, 5) is 0. The van der Waals surface area contributed by atoms with Gasteiger partial charge < -0.3 is 193 Å². The fourth-order valence-corrected chi connectivity index (χ4v) is 21.3. The van der Waals surface area contributed by atoms with Crippen molar-refractivity contribution < 1.29 is 193 Å². The Morgan fingerprint density at radius 3 is 1.53 bits per heavy atom. The lowest BCUT2D eigenvalue weighted by Gasteiger charge is -2.61. The highest BCUT2D eigenvalue weighted by molar-refractivity contribution is 5.16. The van der Waals surface area contributed by atoms with Crippen LogP contribution >= 0.6 is 0 Å². The van der Waals surface area contributed by atoms with Gasteiger partial charge in [0.15, 0.2) is 56.1 Å². The zero-order valence-corrected chi connectivity index (χ0v) is 63.4. The zero-order chi connectivity index (χ0) is 80.4. The molecule has 0 radical (unpaired) electrons. The summed E-state index contributed by atoms with van der Waals surface area (Å²) >= 11 is 0. The van der Waals surface area contributed by atoms with Gasteiger partial charge in [0.2, 0.25) is 0 Å². The van der Waals surface area contributed by atoms with Crippen molar-refractivity contribution in [1.82, 2.24) is 0 Å². The van der Waals surface area contributed by atoms with Crippen LogP contribution in [0.2, 0.25) is 0 Å². The van der Waals surface area contributed by atoms with Crippen molar-refractivity contribution in [3.8, 4) is 0 Å². The lowest BCUT2D eigenvalue weighted by molar-refractivity contribution is -0.411. The maximum atomic E-state index is 12.6. The van der Waals surface area contributed by atoms with E-state index in [-0.39, 0.29) is 28.8 Å². The van der Waals surface area contributed by atoms with Crippen molar-refractivity contribution in [2.24, 2.45) is 52.3 Å². The topological polar surface area (TPSA) is 591 Å².